The molecule has 3 nitrogen and oxygen atoms in total. The van der Waals surface area contributed by atoms with Gasteiger partial charge in [0.1, 0.15) is 0 Å². The molecule has 0 saturated heterocycles. The van der Waals surface area contributed by atoms with E-state index in [0.29, 0.717) is 6.42 Å². The van der Waals surface area contributed by atoms with Gasteiger partial charge in [0.2, 0.25) is 0 Å². The second kappa shape index (κ2) is 5.17. The van der Waals surface area contributed by atoms with Crippen molar-refractivity contribution >= 4 is 0 Å². The average molecular weight is 231 g/mol. The number of ether oxygens (including phenoxy) is 1. The Kier molecular flexibility index (Phi) is 3.61. The van der Waals surface area contributed by atoms with E-state index >= 15 is 0 Å². The summed E-state index contributed by atoms with van der Waals surface area (Å²) in [4.78, 5) is 0. The van der Waals surface area contributed by atoms with Crippen LogP contribution in [0, 0.1) is 0 Å². The Morgan fingerprint density at radius 2 is 2.00 bits per heavy atom. The third-order valence-corrected chi connectivity index (χ3v) is 2.85. The van der Waals surface area contributed by atoms with E-state index in [2.05, 4.69) is 0 Å². The largest absolute Gasteiger partial charge is 0.489 e. The number of hydrogen-bond acceptors (Lipinski definition) is 3. The summed E-state index contributed by atoms with van der Waals surface area (Å²) in [5, 5.41) is 10.2. The second-order valence-electron chi connectivity index (χ2n) is 4.25. The SMILES string of the molecule is NC(O)(CCc1ccccc1)C1C=CC=CO1. The van der Waals surface area contributed by atoms with E-state index < -0.39 is 11.8 Å². The molecule has 0 bridgehead atoms. The number of aliphatic hydroxyl groups is 1. The number of nitrogens with two attached hydrogens (primary N) is 1. The van der Waals surface area contributed by atoms with Crippen LogP contribution in [0.1, 0.15) is 12.0 Å². The zero-order valence-corrected chi connectivity index (χ0v) is 9.62. The van der Waals surface area contributed by atoms with Crippen molar-refractivity contribution in [3.05, 3.63) is 60.4 Å². The second-order valence-corrected chi connectivity index (χ2v) is 4.25. The van der Waals surface area contributed by atoms with Gasteiger partial charge in [0, 0.05) is 0 Å². The minimum absolute atomic E-state index is 0.458. The van der Waals surface area contributed by atoms with E-state index in [4.69, 9.17) is 10.5 Å². The van der Waals surface area contributed by atoms with E-state index in [1.807, 2.05) is 36.4 Å². The van der Waals surface area contributed by atoms with Gasteiger partial charge in [-0.1, -0.05) is 36.4 Å². The van der Waals surface area contributed by atoms with Crippen LogP contribution in [0.4, 0.5) is 0 Å². The molecule has 0 amide bonds. The number of aryl methyl sites for hydroxylation is 1. The van der Waals surface area contributed by atoms with Crippen LogP contribution in [-0.4, -0.2) is 16.9 Å². The predicted octanol–water partition coefficient (Wildman–Crippen LogP) is 1.74. The molecule has 90 valence electrons. The molecule has 3 heteroatoms. The smallest absolute Gasteiger partial charge is 0.158 e. The lowest BCUT2D eigenvalue weighted by atomic mass is 9.97. The highest BCUT2D eigenvalue weighted by Crippen LogP contribution is 2.19. The lowest BCUT2D eigenvalue weighted by Gasteiger charge is -2.30. The first-order valence-corrected chi connectivity index (χ1v) is 5.72. The first-order valence-electron chi connectivity index (χ1n) is 5.72. The third kappa shape index (κ3) is 3.19. The highest BCUT2D eigenvalue weighted by Gasteiger charge is 2.32. The zero-order chi connectivity index (χ0) is 12.1. The molecule has 1 aliphatic rings. The molecule has 1 aliphatic heterocycles. The maximum atomic E-state index is 10.2. The van der Waals surface area contributed by atoms with Gasteiger partial charge >= 0.3 is 0 Å². The highest BCUT2D eigenvalue weighted by molar-refractivity contribution is 5.16. The lowest BCUT2D eigenvalue weighted by molar-refractivity contribution is -0.0597. The van der Waals surface area contributed by atoms with Crippen molar-refractivity contribution in [2.75, 3.05) is 0 Å². The van der Waals surface area contributed by atoms with Crippen molar-refractivity contribution in [2.45, 2.75) is 24.7 Å². The van der Waals surface area contributed by atoms with Gasteiger partial charge in [-0.3, -0.25) is 0 Å². The Morgan fingerprint density at radius 3 is 2.65 bits per heavy atom. The van der Waals surface area contributed by atoms with Gasteiger partial charge in [-0.15, -0.1) is 0 Å². The fraction of sp³-hybridized carbons (Fsp3) is 0.286. The molecule has 0 aliphatic carbocycles. The molecule has 2 atom stereocenters. The van der Waals surface area contributed by atoms with Gasteiger partial charge in [-0.2, -0.15) is 0 Å². The fourth-order valence-corrected chi connectivity index (χ4v) is 1.80. The topological polar surface area (TPSA) is 55.5 Å². The van der Waals surface area contributed by atoms with E-state index in [1.54, 1.807) is 18.4 Å². The van der Waals surface area contributed by atoms with Crippen molar-refractivity contribution in [2.24, 2.45) is 5.73 Å². The van der Waals surface area contributed by atoms with Crippen molar-refractivity contribution in [3.63, 3.8) is 0 Å². The van der Waals surface area contributed by atoms with Crippen LogP contribution >= 0.6 is 0 Å². The van der Waals surface area contributed by atoms with E-state index in [1.165, 1.54) is 0 Å². The molecule has 17 heavy (non-hydrogen) atoms. The zero-order valence-electron chi connectivity index (χ0n) is 9.62. The van der Waals surface area contributed by atoms with Gasteiger partial charge in [0.25, 0.3) is 0 Å². The maximum absolute atomic E-state index is 10.2. The summed E-state index contributed by atoms with van der Waals surface area (Å²) in [5.74, 6) is 0. The Labute approximate surface area is 101 Å². The van der Waals surface area contributed by atoms with Crippen molar-refractivity contribution < 1.29 is 9.84 Å². The van der Waals surface area contributed by atoms with Crippen molar-refractivity contribution in [3.8, 4) is 0 Å². The maximum Gasteiger partial charge on any atom is 0.158 e. The number of allylic oxidation sites excluding steroid dienone is 2. The molecule has 2 rings (SSSR count). The van der Waals surface area contributed by atoms with Crippen LogP contribution in [0.15, 0.2) is 54.8 Å². The molecule has 0 saturated carbocycles. The Balaban J connectivity index is 1.93. The van der Waals surface area contributed by atoms with E-state index in [9.17, 15) is 5.11 Å². The molecule has 1 heterocycles. The summed E-state index contributed by atoms with van der Waals surface area (Å²) < 4.78 is 5.29. The summed E-state index contributed by atoms with van der Waals surface area (Å²) in [6.07, 6.45) is 7.62. The molecule has 3 N–H and O–H groups in total. The molecule has 2 unspecified atom stereocenters. The van der Waals surface area contributed by atoms with Crippen LogP contribution in [0.25, 0.3) is 0 Å². The molecule has 0 aromatic heterocycles. The summed E-state index contributed by atoms with van der Waals surface area (Å²) >= 11 is 0. The first kappa shape index (κ1) is 11.9. The number of hydrogen-bond donors (Lipinski definition) is 2. The minimum atomic E-state index is -1.34. The summed E-state index contributed by atoms with van der Waals surface area (Å²) in [6.45, 7) is 0. The van der Waals surface area contributed by atoms with Crippen LogP contribution < -0.4 is 5.73 Å². The molecule has 1 aromatic rings. The van der Waals surface area contributed by atoms with Crippen molar-refractivity contribution in [1.82, 2.24) is 0 Å². The van der Waals surface area contributed by atoms with Crippen LogP contribution in [0.3, 0.4) is 0 Å². The predicted molar refractivity (Wildman–Crippen MR) is 67.1 cm³/mol. The summed E-state index contributed by atoms with van der Waals surface area (Å²) in [5.41, 5.74) is 5.71. The standard InChI is InChI=1S/C14H17NO2/c15-14(16,13-8-4-5-11-17-13)10-9-12-6-2-1-3-7-12/h1-8,11,13,16H,9-10,15H2. The first-order chi connectivity index (χ1) is 8.18. The highest BCUT2D eigenvalue weighted by atomic mass is 16.5. The molecule has 0 spiro atoms. The number of rotatable bonds is 4. The molecule has 0 radical (unpaired) electrons. The van der Waals surface area contributed by atoms with Gasteiger partial charge in [0.15, 0.2) is 11.8 Å². The Morgan fingerprint density at radius 1 is 1.24 bits per heavy atom. The monoisotopic (exact) mass is 231 g/mol. The molecular formula is C14H17NO2. The Bertz CT molecular complexity index is 409. The summed E-state index contributed by atoms with van der Waals surface area (Å²) in [7, 11) is 0. The molecule has 1 aromatic carbocycles. The van der Waals surface area contributed by atoms with E-state index in [-0.39, 0.29) is 0 Å². The van der Waals surface area contributed by atoms with Gasteiger partial charge in [0.05, 0.1) is 6.26 Å². The fourth-order valence-electron chi connectivity index (χ4n) is 1.80. The van der Waals surface area contributed by atoms with Gasteiger partial charge in [-0.05, 0) is 30.6 Å². The molecular weight excluding hydrogens is 214 g/mol. The molecule has 0 fully saturated rings. The van der Waals surface area contributed by atoms with E-state index in [0.717, 1.165) is 12.0 Å². The normalized spacial score (nSPS) is 21.9. The van der Waals surface area contributed by atoms with Crippen LogP contribution in [-0.2, 0) is 11.2 Å². The van der Waals surface area contributed by atoms with Gasteiger partial charge < -0.3 is 15.6 Å². The average Bonchev–Trinajstić information content (AvgIpc) is 2.39. The van der Waals surface area contributed by atoms with Gasteiger partial charge in [-0.25, -0.2) is 0 Å². The quantitative estimate of drug-likeness (QED) is 0.776. The number of benzene rings is 1. The van der Waals surface area contributed by atoms with Crippen LogP contribution in [0.5, 0.6) is 0 Å². The summed E-state index contributed by atoms with van der Waals surface area (Å²) in [6, 6.07) is 9.96. The third-order valence-electron chi connectivity index (χ3n) is 2.85. The minimum Gasteiger partial charge on any atom is -0.489 e. The Hall–Kier alpha value is -1.58. The van der Waals surface area contributed by atoms with Crippen LogP contribution in [0.2, 0.25) is 0 Å². The van der Waals surface area contributed by atoms with Crippen molar-refractivity contribution in [1.29, 1.82) is 0 Å². The lowest BCUT2D eigenvalue weighted by Crippen LogP contribution is -2.51.